The Labute approximate surface area is 62.4 Å². The van der Waals surface area contributed by atoms with E-state index >= 15 is 0 Å². The molecular formula is C5H4Cl2O2. The van der Waals surface area contributed by atoms with Gasteiger partial charge in [0.2, 0.25) is 0 Å². The first kappa shape index (κ1) is 8.66. The van der Waals surface area contributed by atoms with Crippen molar-refractivity contribution >= 4 is 35.8 Å². The molecule has 0 aromatic rings. The van der Waals surface area contributed by atoms with Gasteiger partial charge in [-0.25, -0.2) is 0 Å². The van der Waals surface area contributed by atoms with Crippen LogP contribution in [0.3, 0.4) is 0 Å². The molecule has 0 N–H and O–H groups in total. The van der Waals surface area contributed by atoms with E-state index in [0.29, 0.717) is 12.6 Å². The average Bonchev–Trinajstić information content (AvgIpc) is 1.87. The van der Waals surface area contributed by atoms with E-state index in [0.717, 1.165) is 6.08 Å². The van der Waals surface area contributed by atoms with Gasteiger partial charge in [-0.15, -0.1) is 11.6 Å². The van der Waals surface area contributed by atoms with E-state index in [2.05, 4.69) is 0 Å². The van der Waals surface area contributed by atoms with Crippen LogP contribution in [0, 0.1) is 0 Å². The Bertz CT molecular complexity index is 142. The number of halogens is 2. The summed E-state index contributed by atoms with van der Waals surface area (Å²) in [5.41, 5.74) is 0. The Morgan fingerprint density at radius 2 is 2.00 bits per heavy atom. The normalized spacial score (nSPS) is 14.7. The smallest absolute Gasteiger partial charge is 0.161 e. The van der Waals surface area contributed by atoms with E-state index in [-0.39, 0.29) is 5.03 Å². The molecule has 1 atom stereocenters. The van der Waals surface area contributed by atoms with Crippen molar-refractivity contribution < 1.29 is 9.59 Å². The van der Waals surface area contributed by atoms with Crippen molar-refractivity contribution in [2.75, 3.05) is 0 Å². The van der Waals surface area contributed by atoms with E-state index in [1.807, 2.05) is 0 Å². The van der Waals surface area contributed by atoms with Crippen LogP contribution in [0.1, 0.15) is 0 Å². The summed E-state index contributed by atoms with van der Waals surface area (Å²) in [7, 11) is 0. The zero-order chi connectivity index (χ0) is 7.28. The molecule has 0 rings (SSSR count). The SMILES string of the molecule is O=CC(Cl)=CC(Cl)C=O. The van der Waals surface area contributed by atoms with Gasteiger partial charge in [-0.05, 0) is 6.08 Å². The summed E-state index contributed by atoms with van der Waals surface area (Å²) in [5.74, 6) is 0. The Morgan fingerprint density at radius 3 is 2.33 bits per heavy atom. The Balaban J connectivity index is 3.92. The zero-order valence-electron chi connectivity index (χ0n) is 4.38. The molecule has 0 bridgehead atoms. The highest BCUT2D eigenvalue weighted by Gasteiger charge is 1.97. The summed E-state index contributed by atoms with van der Waals surface area (Å²) >= 11 is 10.4. The van der Waals surface area contributed by atoms with Crippen molar-refractivity contribution in [2.45, 2.75) is 5.38 Å². The van der Waals surface area contributed by atoms with Gasteiger partial charge in [0.25, 0.3) is 0 Å². The minimum atomic E-state index is -0.803. The molecule has 4 heteroatoms. The number of hydrogen-bond donors (Lipinski definition) is 0. The van der Waals surface area contributed by atoms with Gasteiger partial charge < -0.3 is 4.79 Å². The molecular weight excluding hydrogens is 163 g/mol. The minimum Gasteiger partial charge on any atom is -0.301 e. The zero-order valence-corrected chi connectivity index (χ0v) is 5.89. The molecule has 0 aliphatic heterocycles. The quantitative estimate of drug-likeness (QED) is 0.358. The van der Waals surface area contributed by atoms with Crippen LogP contribution >= 0.6 is 23.2 Å². The molecule has 1 unspecified atom stereocenters. The van der Waals surface area contributed by atoms with Crippen LogP contribution in [-0.2, 0) is 9.59 Å². The first-order valence-electron chi connectivity index (χ1n) is 2.12. The van der Waals surface area contributed by atoms with Crippen LogP contribution in [0.25, 0.3) is 0 Å². The first-order valence-corrected chi connectivity index (χ1v) is 2.94. The van der Waals surface area contributed by atoms with Gasteiger partial charge in [-0.1, -0.05) is 11.6 Å². The standard InChI is InChI=1S/C5H4Cl2O2/c6-4(2-8)1-5(7)3-9/h1-4H. The van der Waals surface area contributed by atoms with Crippen molar-refractivity contribution in [3.63, 3.8) is 0 Å². The number of hydrogen-bond acceptors (Lipinski definition) is 2. The van der Waals surface area contributed by atoms with Crippen molar-refractivity contribution in [2.24, 2.45) is 0 Å². The topological polar surface area (TPSA) is 34.1 Å². The van der Waals surface area contributed by atoms with Crippen molar-refractivity contribution in [3.05, 3.63) is 11.1 Å². The number of rotatable bonds is 3. The van der Waals surface area contributed by atoms with Gasteiger partial charge in [0, 0.05) is 0 Å². The number of carbonyl (C=O) groups excluding carboxylic acids is 2. The molecule has 0 saturated carbocycles. The number of allylic oxidation sites excluding steroid dienone is 2. The van der Waals surface area contributed by atoms with Gasteiger partial charge in [-0.3, -0.25) is 4.79 Å². The molecule has 0 aromatic heterocycles. The second-order valence-corrected chi connectivity index (χ2v) is 2.19. The van der Waals surface area contributed by atoms with Crippen LogP contribution < -0.4 is 0 Å². The summed E-state index contributed by atoms with van der Waals surface area (Å²) in [5, 5.41) is -0.857. The van der Waals surface area contributed by atoms with Crippen LogP contribution in [0.5, 0.6) is 0 Å². The van der Waals surface area contributed by atoms with Crippen LogP contribution in [-0.4, -0.2) is 17.9 Å². The maximum Gasteiger partial charge on any atom is 0.161 e. The van der Waals surface area contributed by atoms with Crippen LogP contribution in [0.15, 0.2) is 11.1 Å². The fraction of sp³-hybridized carbons (Fsp3) is 0.200. The van der Waals surface area contributed by atoms with Crippen molar-refractivity contribution in [3.8, 4) is 0 Å². The predicted octanol–water partition coefficient (Wildman–Crippen LogP) is 1.11. The van der Waals surface area contributed by atoms with Crippen LogP contribution in [0.4, 0.5) is 0 Å². The lowest BCUT2D eigenvalue weighted by molar-refractivity contribution is -0.106. The van der Waals surface area contributed by atoms with E-state index in [1.54, 1.807) is 0 Å². The highest BCUT2D eigenvalue weighted by atomic mass is 35.5. The lowest BCUT2D eigenvalue weighted by atomic mass is 10.4. The molecule has 0 aliphatic rings. The monoisotopic (exact) mass is 166 g/mol. The Kier molecular flexibility index (Phi) is 4.36. The fourth-order valence-corrected chi connectivity index (χ4v) is 0.567. The summed E-state index contributed by atoms with van der Waals surface area (Å²) in [6.07, 6.45) is 2.05. The minimum absolute atomic E-state index is 0.0536. The lowest BCUT2D eigenvalue weighted by Gasteiger charge is -1.87. The molecule has 0 heterocycles. The first-order chi connectivity index (χ1) is 4.20. The molecule has 0 spiro atoms. The van der Waals surface area contributed by atoms with Crippen LogP contribution in [0.2, 0.25) is 0 Å². The summed E-state index contributed by atoms with van der Waals surface area (Å²) in [6, 6.07) is 0. The van der Waals surface area contributed by atoms with E-state index in [1.165, 1.54) is 0 Å². The second-order valence-electron chi connectivity index (χ2n) is 1.25. The molecule has 50 valence electrons. The average molecular weight is 167 g/mol. The molecule has 0 amide bonds. The molecule has 0 fully saturated rings. The predicted molar refractivity (Wildman–Crippen MR) is 35.7 cm³/mol. The van der Waals surface area contributed by atoms with Gasteiger partial charge in [-0.2, -0.15) is 0 Å². The third-order valence-electron chi connectivity index (χ3n) is 0.561. The summed E-state index contributed by atoms with van der Waals surface area (Å²) in [6.45, 7) is 0. The van der Waals surface area contributed by atoms with Crippen molar-refractivity contribution in [1.29, 1.82) is 0 Å². The second kappa shape index (κ2) is 4.53. The Hall–Kier alpha value is -0.340. The largest absolute Gasteiger partial charge is 0.301 e. The molecule has 9 heavy (non-hydrogen) atoms. The summed E-state index contributed by atoms with van der Waals surface area (Å²) in [4.78, 5) is 19.6. The number of carbonyl (C=O) groups is 2. The molecule has 0 saturated heterocycles. The molecule has 0 radical (unpaired) electrons. The molecule has 2 nitrogen and oxygen atoms in total. The third-order valence-corrected chi connectivity index (χ3v) is 1.00. The van der Waals surface area contributed by atoms with E-state index in [9.17, 15) is 9.59 Å². The third kappa shape index (κ3) is 4.18. The van der Waals surface area contributed by atoms with Gasteiger partial charge in [0.05, 0.1) is 5.03 Å². The van der Waals surface area contributed by atoms with E-state index in [4.69, 9.17) is 23.2 Å². The fourth-order valence-electron chi connectivity index (χ4n) is 0.231. The Morgan fingerprint density at radius 1 is 1.44 bits per heavy atom. The number of aldehydes is 2. The molecule has 0 aromatic carbocycles. The maximum absolute atomic E-state index is 9.81. The number of alkyl halides is 1. The van der Waals surface area contributed by atoms with E-state index < -0.39 is 5.38 Å². The molecule has 0 aliphatic carbocycles. The highest BCUT2D eigenvalue weighted by molar-refractivity contribution is 6.40. The maximum atomic E-state index is 9.81. The summed E-state index contributed by atoms with van der Waals surface area (Å²) < 4.78 is 0. The van der Waals surface area contributed by atoms with Crippen molar-refractivity contribution in [1.82, 2.24) is 0 Å². The van der Waals surface area contributed by atoms with Gasteiger partial charge in [0.15, 0.2) is 6.29 Å². The lowest BCUT2D eigenvalue weighted by Crippen LogP contribution is -1.94. The van der Waals surface area contributed by atoms with Gasteiger partial charge in [0.1, 0.15) is 11.7 Å². The highest BCUT2D eigenvalue weighted by Crippen LogP contribution is 2.01. The van der Waals surface area contributed by atoms with Gasteiger partial charge >= 0.3 is 0 Å².